The summed E-state index contributed by atoms with van der Waals surface area (Å²) in [6, 6.07) is 19.2. The van der Waals surface area contributed by atoms with Gasteiger partial charge in [-0.2, -0.15) is 0 Å². The van der Waals surface area contributed by atoms with E-state index in [0.717, 1.165) is 18.7 Å². The zero-order valence-corrected chi connectivity index (χ0v) is 13.4. The van der Waals surface area contributed by atoms with Gasteiger partial charge in [0.15, 0.2) is 0 Å². The summed E-state index contributed by atoms with van der Waals surface area (Å²) in [5, 5.41) is 0. The molecular formula is C18H22N2S. The van der Waals surface area contributed by atoms with Crippen LogP contribution in [-0.4, -0.2) is 15.9 Å². The van der Waals surface area contributed by atoms with E-state index in [1.807, 2.05) is 12.1 Å². The summed E-state index contributed by atoms with van der Waals surface area (Å²) >= 11 is 5.06. The van der Waals surface area contributed by atoms with E-state index < -0.39 is 0 Å². The summed E-state index contributed by atoms with van der Waals surface area (Å²) in [4.78, 5) is 2.89. The predicted molar refractivity (Wildman–Crippen MR) is 93.2 cm³/mol. The zero-order chi connectivity index (χ0) is 15.2. The molecule has 2 rings (SSSR count). The van der Waals surface area contributed by atoms with Crippen LogP contribution in [0.2, 0.25) is 0 Å². The van der Waals surface area contributed by atoms with Crippen LogP contribution >= 0.6 is 12.2 Å². The van der Waals surface area contributed by atoms with E-state index in [4.69, 9.17) is 18.0 Å². The second-order valence-electron chi connectivity index (χ2n) is 5.55. The van der Waals surface area contributed by atoms with Gasteiger partial charge in [0, 0.05) is 24.7 Å². The molecule has 2 N–H and O–H groups in total. The third kappa shape index (κ3) is 4.66. The molecule has 0 aliphatic carbocycles. The number of benzene rings is 2. The van der Waals surface area contributed by atoms with E-state index in [0.29, 0.717) is 11.0 Å². The van der Waals surface area contributed by atoms with E-state index in [-0.39, 0.29) is 0 Å². The lowest BCUT2D eigenvalue weighted by Crippen LogP contribution is -2.29. The second kappa shape index (κ2) is 7.34. The lowest BCUT2D eigenvalue weighted by molar-refractivity contribution is 0.203. The molecule has 0 heterocycles. The molecule has 0 unspecified atom stereocenters. The van der Waals surface area contributed by atoms with Gasteiger partial charge in [-0.05, 0) is 31.0 Å². The number of hydrogen-bond donors (Lipinski definition) is 1. The maximum Gasteiger partial charge on any atom is 0.103 e. The molecule has 3 heteroatoms. The Morgan fingerprint density at radius 3 is 2.24 bits per heavy atom. The Morgan fingerprint density at radius 1 is 1.00 bits per heavy atom. The molecule has 0 spiro atoms. The fourth-order valence-electron chi connectivity index (χ4n) is 2.30. The molecule has 0 bridgehead atoms. The van der Waals surface area contributed by atoms with Crippen molar-refractivity contribution in [1.82, 2.24) is 4.90 Å². The topological polar surface area (TPSA) is 29.3 Å². The first-order valence-corrected chi connectivity index (χ1v) is 7.64. The molecule has 0 aromatic heterocycles. The van der Waals surface area contributed by atoms with Gasteiger partial charge in [0.2, 0.25) is 0 Å². The Hall–Kier alpha value is -1.71. The van der Waals surface area contributed by atoms with Crippen LogP contribution in [0, 0.1) is 0 Å². The summed E-state index contributed by atoms with van der Waals surface area (Å²) in [5.41, 5.74) is 9.22. The van der Waals surface area contributed by atoms with Crippen LogP contribution in [0.5, 0.6) is 0 Å². The highest BCUT2D eigenvalue weighted by atomic mass is 32.1. The van der Waals surface area contributed by atoms with Gasteiger partial charge >= 0.3 is 0 Å². The van der Waals surface area contributed by atoms with Gasteiger partial charge in [0.05, 0.1) is 0 Å². The Labute approximate surface area is 132 Å². The molecule has 0 aliphatic heterocycles. The largest absolute Gasteiger partial charge is 0.389 e. The smallest absolute Gasteiger partial charge is 0.103 e. The second-order valence-corrected chi connectivity index (χ2v) is 5.99. The van der Waals surface area contributed by atoms with Crippen LogP contribution in [0.3, 0.4) is 0 Å². The predicted octanol–water partition coefficient (Wildman–Crippen LogP) is 3.73. The number of hydrogen-bond acceptors (Lipinski definition) is 2. The van der Waals surface area contributed by atoms with E-state index in [1.54, 1.807) is 0 Å². The molecule has 0 atom stereocenters. The molecule has 0 saturated carbocycles. The lowest BCUT2D eigenvalue weighted by Gasteiger charge is -2.27. The monoisotopic (exact) mass is 298 g/mol. The third-order valence-electron chi connectivity index (χ3n) is 3.56. The highest BCUT2D eigenvalue weighted by Gasteiger charge is 2.11. The molecule has 2 aromatic rings. The summed E-state index contributed by atoms with van der Waals surface area (Å²) < 4.78 is 0. The van der Waals surface area contributed by atoms with Crippen molar-refractivity contribution in [2.24, 2.45) is 5.73 Å². The summed E-state index contributed by atoms with van der Waals surface area (Å²) in [7, 11) is 0. The Kier molecular flexibility index (Phi) is 5.48. The standard InChI is InChI=1S/C18H22N2S/c1-14(2)20(12-15-7-4-3-5-8-15)13-16-9-6-10-17(11-16)18(19)21/h3-11,14H,12-13H2,1-2H3,(H2,19,21). The van der Waals surface area contributed by atoms with Gasteiger partial charge in [0.25, 0.3) is 0 Å². The number of nitrogens with two attached hydrogens (primary N) is 1. The maximum atomic E-state index is 5.71. The number of thiocarbonyl (C=S) groups is 1. The third-order valence-corrected chi connectivity index (χ3v) is 3.79. The fraction of sp³-hybridized carbons (Fsp3) is 0.278. The van der Waals surface area contributed by atoms with E-state index in [1.165, 1.54) is 11.1 Å². The average Bonchev–Trinajstić information content (AvgIpc) is 2.48. The van der Waals surface area contributed by atoms with Crippen molar-refractivity contribution < 1.29 is 0 Å². The molecule has 21 heavy (non-hydrogen) atoms. The average molecular weight is 298 g/mol. The fourth-order valence-corrected chi connectivity index (χ4v) is 2.42. The molecule has 0 radical (unpaired) electrons. The van der Waals surface area contributed by atoms with Crippen molar-refractivity contribution in [1.29, 1.82) is 0 Å². The van der Waals surface area contributed by atoms with Crippen LogP contribution in [-0.2, 0) is 13.1 Å². The van der Waals surface area contributed by atoms with Crippen molar-refractivity contribution in [3.63, 3.8) is 0 Å². The minimum absolute atomic E-state index is 0.455. The number of nitrogens with zero attached hydrogens (tertiary/aromatic N) is 1. The van der Waals surface area contributed by atoms with Crippen LogP contribution < -0.4 is 5.73 Å². The van der Waals surface area contributed by atoms with Gasteiger partial charge in [-0.25, -0.2) is 0 Å². The van der Waals surface area contributed by atoms with Crippen molar-refractivity contribution in [3.8, 4) is 0 Å². The first-order valence-electron chi connectivity index (χ1n) is 7.23. The zero-order valence-electron chi connectivity index (χ0n) is 12.6. The van der Waals surface area contributed by atoms with Crippen molar-refractivity contribution in [2.75, 3.05) is 0 Å². The molecular weight excluding hydrogens is 276 g/mol. The van der Waals surface area contributed by atoms with Gasteiger partial charge in [-0.15, -0.1) is 0 Å². The first kappa shape index (κ1) is 15.7. The molecule has 0 amide bonds. The van der Waals surface area contributed by atoms with Gasteiger partial charge in [-0.1, -0.05) is 60.7 Å². The van der Waals surface area contributed by atoms with Crippen molar-refractivity contribution in [3.05, 3.63) is 71.3 Å². The Morgan fingerprint density at radius 2 is 1.62 bits per heavy atom. The van der Waals surface area contributed by atoms with Gasteiger partial charge < -0.3 is 5.73 Å². The summed E-state index contributed by atoms with van der Waals surface area (Å²) in [6.45, 7) is 6.28. The minimum Gasteiger partial charge on any atom is -0.389 e. The van der Waals surface area contributed by atoms with E-state index >= 15 is 0 Å². The Bertz CT molecular complexity index is 593. The van der Waals surface area contributed by atoms with E-state index in [9.17, 15) is 0 Å². The lowest BCUT2D eigenvalue weighted by atomic mass is 10.1. The quantitative estimate of drug-likeness (QED) is 0.824. The van der Waals surface area contributed by atoms with E-state index in [2.05, 4.69) is 61.2 Å². The van der Waals surface area contributed by atoms with Crippen LogP contribution in [0.15, 0.2) is 54.6 Å². The minimum atomic E-state index is 0.455. The molecule has 0 aliphatic rings. The molecule has 0 fully saturated rings. The van der Waals surface area contributed by atoms with Gasteiger partial charge in [-0.3, -0.25) is 4.90 Å². The van der Waals surface area contributed by atoms with Gasteiger partial charge in [0.1, 0.15) is 4.99 Å². The van der Waals surface area contributed by atoms with Crippen LogP contribution in [0.4, 0.5) is 0 Å². The van der Waals surface area contributed by atoms with Crippen LogP contribution in [0.25, 0.3) is 0 Å². The maximum absolute atomic E-state index is 5.71. The molecule has 110 valence electrons. The highest BCUT2D eigenvalue weighted by molar-refractivity contribution is 7.80. The summed E-state index contributed by atoms with van der Waals surface area (Å²) in [6.07, 6.45) is 0. The molecule has 2 nitrogen and oxygen atoms in total. The Balaban J connectivity index is 2.13. The first-order chi connectivity index (χ1) is 10.1. The van der Waals surface area contributed by atoms with Crippen molar-refractivity contribution in [2.45, 2.75) is 33.0 Å². The SMILES string of the molecule is CC(C)N(Cc1ccccc1)Cc1cccc(C(N)=S)c1. The molecule has 0 saturated heterocycles. The van der Waals surface area contributed by atoms with Crippen molar-refractivity contribution >= 4 is 17.2 Å². The van der Waals surface area contributed by atoms with Crippen LogP contribution in [0.1, 0.15) is 30.5 Å². The highest BCUT2D eigenvalue weighted by Crippen LogP contribution is 2.14. The molecule has 2 aromatic carbocycles. The summed E-state index contributed by atoms with van der Waals surface area (Å²) in [5.74, 6) is 0. The number of rotatable bonds is 6. The normalized spacial score (nSPS) is 11.0.